The lowest BCUT2D eigenvalue weighted by Crippen LogP contribution is -1.95. The zero-order valence-corrected chi connectivity index (χ0v) is 5.08. The molecule has 0 aliphatic heterocycles. The predicted molar refractivity (Wildman–Crippen MR) is 29.7 cm³/mol. The van der Waals surface area contributed by atoms with Crippen molar-refractivity contribution in [2.45, 2.75) is 27.7 Å². The molecule has 0 amide bonds. The van der Waals surface area contributed by atoms with E-state index < -0.39 is 0 Å². The lowest BCUT2D eigenvalue weighted by molar-refractivity contribution is 0.457. The molecule has 0 aromatic rings. The Hall–Kier alpha value is 0. The molecule has 0 rings (SSSR count). The van der Waals surface area contributed by atoms with Crippen molar-refractivity contribution in [3.8, 4) is 0 Å². The van der Waals surface area contributed by atoms with Crippen LogP contribution in [0.2, 0.25) is 0 Å². The molecule has 0 bridgehead atoms. The highest BCUT2D eigenvalue weighted by Crippen LogP contribution is 2.05. The molecule has 0 aliphatic carbocycles. The zero-order chi connectivity index (χ0) is 6.08. The highest BCUT2D eigenvalue weighted by Gasteiger charge is 1.95. The summed E-state index contributed by atoms with van der Waals surface area (Å²) >= 11 is 0. The van der Waals surface area contributed by atoms with Crippen LogP contribution in [0.25, 0.3) is 0 Å². The Labute approximate surface area is 42.0 Å². The van der Waals surface area contributed by atoms with E-state index in [1.807, 2.05) is 13.8 Å². The molecule has 38 valence electrons. The van der Waals surface area contributed by atoms with Gasteiger partial charge in [-0.2, -0.15) is 0 Å². The predicted octanol–water partition coefficient (Wildman–Crippen LogP) is 2.30. The van der Waals surface area contributed by atoms with Crippen molar-refractivity contribution in [2.24, 2.45) is 11.8 Å². The van der Waals surface area contributed by atoms with Gasteiger partial charge in [-0.25, -0.2) is 0 Å². The first-order valence-electron chi connectivity index (χ1n) is 2.94. The van der Waals surface area contributed by atoms with Gasteiger partial charge in [-0.05, 0) is 11.8 Å². The van der Waals surface area contributed by atoms with Gasteiger partial charge in [0, 0.05) is 1.37 Å². The van der Waals surface area contributed by atoms with Crippen LogP contribution in [0.5, 0.6) is 0 Å². The van der Waals surface area contributed by atoms with Crippen LogP contribution in [0.15, 0.2) is 0 Å². The highest BCUT2D eigenvalue weighted by molar-refractivity contribution is 4.46. The van der Waals surface area contributed by atoms with Crippen molar-refractivity contribution < 1.29 is 1.37 Å². The zero-order valence-electron chi connectivity index (χ0n) is 6.08. The van der Waals surface area contributed by atoms with E-state index in [2.05, 4.69) is 13.8 Å². The molecular formula is C6H14. The monoisotopic (exact) mass is 87.1 g/mol. The van der Waals surface area contributed by atoms with E-state index in [0.29, 0.717) is 5.92 Å². The second-order valence-electron chi connectivity index (χ2n) is 2.23. The minimum Gasteiger partial charge on any atom is -0.0625 e. The van der Waals surface area contributed by atoms with Crippen molar-refractivity contribution in [1.82, 2.24) is 0 Å². The SMILES string of the molecule is [2H]C(C)(C)C(C)C. The maximum absolute atomic E-state index is 7.39. The van der Waals surface area contributed by atoms with Gasteiger partial charge >= 0.3 is 0 Å². The molecule has 0 heterocycles. The Kier molecular flexibility index (Phi) is 1.54. The van der Waals surface area contributed by atoms with Crippen molar-refractivity contribution in [1.29, 1.82) is 0 Å². The molecule has 0 radical (unpaired) electrons. The van der Waals surface area contributed by atoms with Crippen molar-refractivity contribution in [3.05, 3.63) is 0 Å². The van der Waals surface area contributed by atoms with Crippen molar-refractivity contribution in [2.75, 3.05) is 0 Å². The quantitative estimate of drug-likeness (QED) is 0.460. The van der Waals surface area contributed by atoms with Crippen LogP contribution in [-0.4, -0.2) is 0 Å². The molecule has 0 nitrogen and oxygen atoms in total. The van der Waals surface area contributed by atoms with E-state index in [1.165, 1.54) is 0 Å². The van der Waals surface area contributed by atoms with Crippen LogP contribution in [0.3, 0.4) is 0 Å². The fourth-order valence-electron chi connectivity index (χ4n) is 0. The molecular weight excluding hydrogens is 72.1 g/mol. The molecule has 0 saturated heterocycles. The molecule has 0 aromatic carbocycles. The van der Waals surface area contributed by atoms with Gasteiger partial charge in [0.15, 0.2) is 0 Å². The van der Waals surface area contributed by atoms with Gasteiger partial charge in [0.2, 0.25) is 0 Å². The molecule has 0 aromatic heterocycles. The first kappa shape index (κ1) is 4.17. The van der Waals surface area contributed by atoms with Crippen LogP contribution in [0.4, 0.5) is 0 Å². The minimum absolute atomic E-state index is 0.250. The van der Waals surface area contributed by atoms with E-state index >= 15 is 0 Å². The summed E-state index contributed by atoms with van der Waals surface area (Å²) < 4.78 is 7.39. The number of hydrogen-bond acceptors (Lipinski definition) is 0. The van der Waals surface area contributed by atoms with E-state index in [1.54, 1.807) is 0 Å². The Bertz CT molecular complexity index is 49.7. The third-order valence-corrected chi connectivity index (χ3v) is 1.15. The van der Waals surface area contributed by atoms with Crippen LogP contribution < -0.4 is 0 Å². The summed E-state index contributed by atoms with van der Waals surface area (Å²) in [5, 5.41) is 0. The molecule has 6 heavy (non-hydrogen) atoms. The van der Waals surface area contributed by atoms with Gasteiger partial charge in [0.25, 0.3) is 0 Å². The van der Waals surface area contributed by atoms with Gasteiger partial charge in [0.05, 0.1) is 0 Å². The third kappa shape index (κ3) is 2.25. The summed E-state index contributed by atoms with van der Waals surface area (Å²) in [7, 11) is 0. The fourth-order valence-corrected chi connectivity index (χ4v) is 0. The van der Waals surface area contributed by atoms with Gasteiger partial charge < -0.3 is 0 Å². The summed E-state index contributed by atoms with van der Waals surface area (Å²) in [6, 6.07) is 0. The molecule has 0 fully saturated rings. The number of hydrogen-bond donors (Lipinski definition) is 0. The largest absolute Gasteiger partial charge is 0.0625 e. The van der Waals surface area contributed by atoms with Crippen LogP contribution in [0, 0.1) is 11.8 Å². The van der Waals surface area contributed by atoms with E-state index in [9.17, 15) is 0 Å². The normalized spacial score (nSPS) is 15.2. The third-order valence-electron chi connectivity index (χ3n) is 1.15. The van der Waals surface area contributed by atoms with E-state index in [4.69, 9.17) is 1.37 Å². The topological polar surface area (TPSA) is 0 Å². The average molecular weight is 87.2 g/mol. The van der Waals surface area contributed by atoms with Gasteiger partial charge in [0.1, 0.15) is 0 Å². The summed E-state index contributed by atoms with van der Waals surface area (Å²) in [5.41, 5.74) is 0. The minimum atomic E-state index is -0.250. The summed E-state index contributed by atoms with van der Waals surface area (Å²) in [5.74, 6) is 0.215. The first-order valence-corrected chi connectivity index (χ1v) is 2.44. The standard InChI is InChI=1S/C6H14/c1-5(2)6(3)4/h5-6H,1-4H3/i5D. The first-order chi connectivity index (χ1) is 2.94. The van der Waals surface area contributed by atoms with Crippen LogP contribution in [0.1, 0.15) is 29.1 Å². The summed E-state index contributed by atoms with van der Waals surface area (Å²) in [6.07, 6.45) is 0. The summed E-state index contributed by atoms with van der Waals surface area (Å²) in [6.45, 7) is 7.98. The lowest BCUT2D eigenvalue weighted by Gasteiger charge is -2.05. The van der Waals surface area contributed by atoms with Gasteiger partial charge in [-0.15, -0.1) is 0 Å². The molecule has 0 saturated carbocycles. The van der Waals surface area contributed by atoms with Crippen molar-refractivity contribution in [3.63, 3.8) is 0 Å². The Morgan fingerprint density at radius 1 is 1.17 bits per heavy atom. The average Bonchev–Trinajstić information content (AvgIpc) is 1.31. The maximum Gasteiger partial charge on any atom is 0.0300 e. The summed E-state index contributed by atoms with van der Waals surface area (Å²) in [4.78, 5) is 0. The molecule has 0 heteroatoms. The van der Waals surface area contributed by atoms with Gasteiger partial charge in [-0.1, -0.05) is 27.7 Å². The lowest BCUT2D eigenvalue weighted by atomic mass is 10.0. The molecule has 0 atom stereocenters. The van der Waals surface area contributed by atoms with E-state index in [-0.39, 0.29) is 5.89 Å². The maximum atomic E-state index is 7.39. The molecule has 0 unspecified atom stereocenters. The van der Waals surface area contributed by atoms with E-state index in [0.717, 1.165) is 0 Å². The second kappa shape index (κ2) is 2.22. The fraction of sp³-hybridized carbons (Fsp3) is 1.00. The molecule has 0 N–H and O–H groups in total. The van der Waals surface area contributed by atoms with Crippen LogP contribution >= 0.6 is 0 Å². The molecule has 0 spiro atoms. The Morgan fingerprint density at radius 2 is 1.33 bits per heavy atom. The second-order valence-corrected chi connectivity index (χ2v) is 2.23. The number of rotatable bonds is 1. The smallest absolute Gasteiger partial charge is 0.0300 e. The Morgan fingerprint density at radius 3 is 1.33 bits per heavy atom. The van der Waals surface area contributed by atoms with Crippen LogP contribution in [-0.2, 0) is 0 Å². The van der Waals surface area contributed by atoms with Gasteiger partial charge in [-0.3, -0.25) is 0 Å². The Balaban J connectivity index is 3.54. The highest BCUT2D eigenvalue weighted by atomic mass is 14.0. The van der Waals surface area contributed by atoms with Crippen molar-refractivity contribution >= 4 is 0 Å². The molecule has 0 aliphatic rings.